The molecule has 0 spiro atoms. The minimum atomic E-state index is 0.502. The zero-order valence-corrected chi connectivity index (χ0v) is 12.7. The third-order valence-corrected chi connectivity index (χ3v) is 4.60. The van der Waals surface area contributed by atoms with E-state index < -0.39 is 0 Å². The molecule has 21 heavy (non-hydrogen) atoms. The van der Waals surface area contributed by atoms with Crippen molar-refractivity contribution in [3.63, 3.8) is 0 Å². The van der Waals surface area contributed by atoms with E-state index in [1.807, 2.05) is 0 Å². The van der Waals surface area contributed by atoms with Gasteiger partial charge in [0.2, 0.25) is 0 Å². The van der Waals surface area contributed by atoms with Crippen molar-refractivity contribution in [2.75, 3.05) is 20.2 Å². The number of nitrogens with zero attached hydrogens (tertiary/aromatic N) is 1. The fourth-order valence-corrected chi connectivity index (χ4v) is 3.41. The highest BCUT2D eigenvalue weighted by molar-refractivity contribution is 5.87. The van der Waals surface area contributed by atoms with E-state index in [4.69, 9.17) is 10.5 Å². The zero-order chi connectivity index (χ0) is 14.7. The molecule has 1 heterocycles. The van der Waals surface area contributed by atoms with E-state index in [9.17, 15) is 0 Å². The molecule has 1 fully saturated rings. The molecule has 1 aliphatic rings. The van der Waals surface area contributed by atoms with E-state index >= 15 is 0 Å². The Labute approximate surface area is 126 Å². The van der Waals surface area contributed by atoms with Crippen LogP contribution in [0.3, 0.4) is 0 Å². The number of fused-ring (bicyclic) bond motifs is 1. The predicted molar refractivity (Wildman–Crippen MR) is 87.6 cm³/mol. The third kappa shape index (κ3) is 2.89. The molecule has 0 bridgehead atoms. The van der Waals surface area contributed by atoms with E-state index in [2.05, 4.69) is 41.3 Å². The summed E-state index contributed by atoms with van der Waals surface area (Å²) in [5, 5.41) is 2.56. The standard InChI is InChI=1S/C18H24N2O/c1-21-18-10-9-14-6-2-3-8-16(14)17(18)13-20-11-5-4-7-15(20)12-19/h2-3,6,8-10,15H,4-5,7,11-13,19H2,1H3. The monoisotopic (exact) mass is 284 g/mol. The van der Waals surface area contributed by atoms with Crippen molar-refractivity contribution in [2.24, 2.45) is 5.73 Å². The number of ether oxygens (including phenoxy) is 1. The van der Waals surface area contributed by atoms with Crippen LogP contribution in [0.1, 0.15) is 24.8 Å². The van der Waals surface area contributed by atoms with Crippen LogP contribution in [0.2, 0.25) is 0 Å². The van der Waals surface area contributed by atoms with Gasteiger partial charge in [0.05, 0.1) is 7.11 Å². The molecule has 0 amide bonds. The van der Waals surface area contributed by atoms with Gasteiger partial charge in [0, 0.05) is 24.7 Å². The molecule has 0 saturated carbocycles. The molecule has 2 N–H and O–H groups in total. The maximum absolute atomic E-state index is 5.96. The number of likely N-dealkylation sites (tertiary alicyclic amines) is 1. The molecule has 1 atom stereocenters. The van der Waals surface area contributed by atoms with Crippen molar-refractivity contribution < 1.29 is 4.74 Å². The number of hydrogen-bond donors (Lipinski definition) is 1. The predicted octanol–water partition coefficient (Wildman–Crippen LogP) is 3.16. The summed E-state index contributed by atoms with van der Waals surface area (Å²) < 4.78 is 5.61. The van der Waals surface area contributed by atoms with Crippen LogP contribution in [0, 0.1) is 0 Å². The first kappa shape index (κ1) is 14.4. The number of nitrogens with two attached hydrogens (primary N) is 1. The van der Waals surface area contributed by atoms with E-state index in [0.717, 1.165) is 25.4 Å². The Morgan fingerprint density at radius 2 is 2.05 bits per heavy atom. The van der Waals surface area contributed by atoms with Crippen LogP contribution in [0.4, 0.5) is 0 Å². The summed E-state index contributed by atoms with van der Waals surface area (Å²) in [7, 11) is 1.75. The quantitative estimate of drug-likeness (QED) is 0.937. The van der Waals surface area contributed by atoms with Gasteiger partial charge in [0.1, 0.15) is 5.75 Å². The van der Waals surface area contributed by atoms with Gasteiger partial charge in [-0.1, -0.05) is 36.8 Å². The van der Waals surface area contributed by atoms with Crippen molar-refractivity contribution in [1.29, 1.82) is 0 Å². The van der Waals surface area contributed by atoms with Crippen LogP contribution >= 0.6 is 0 Å². The Balaban J connectivity index is 1.98. The lowest BCUT2D eigenvalue weighted by Crippen LogP contribution is -2.43. The van der Waals surface area contributed by atoms with Crippen LogP contribution in [0.25, 0.3) is 10.8 Å². The fourth-order valence-electron chi connectivity index (χ4n) is 3.41. The SMILES string of the molecule is COc1ccc2ccccc2c1CN1CCCCC1CN. The molecule has 3 nitrogen and oxygen atoms in total. The van der Waals surface area contributed by atoms with Gasteiger partial charge in [-0.3, -0.25) is 4.90 Å². The van der Waals surface area contributed by atoms with Crippen molar-refractivity contribution in [1.82, 2.24) is 4.90 Å². The molecular formula is C18H24N2O. The molecule has 3 rings (SSSR count). The Morgan fingerprint density at radius 1 is 1.19 bits per heavy atom. The molecule has 2 aromatic carbocycles. The normalized spacial score (nSPS) is 19.8. The Kier molecular flexibility index (Phi) is 4.42. The Morgan fingerprint density at radius 3 is 2.86 bits per heavy atom. The number of methoxy groups -OCH3 is 1. The van der Waals surface area contributed by atoms with Gasteiger partial charge in [-0.15, -0.1) is 0 Å². The lowest BCUT2D eigenvalue weighted by Gasteiger charge is -2.35. The van der Waals surface area contributed by atoms with Gasteiger partial charge in [0.15, 0.2) is 0 Å². The smallest absolute Gasteiger partial charge is 0.123 e. The van der Waals surface area contributed by atoms with Crippen molar-refractivity contribution in [2.45, 2.75) is 31.8 Å². The maximum Gasteiger partial charge on any atom is 0.123 e. The van der Waals surface area contributed by atoms with Crippen molar-refractivity contribution >= 4 is 10.8 Å². The summed E-state index contributed by atoms with van der Waals surface area (Å²) in [5.74, 6) is 0.982. The second-order valence-electron chi connectivity index (χ2n) is 5.82. The maximum atomic E-state index is 5.96. The minimum absolute atomic E-state index is 0.502. The summed E-state index contributed by atoms with van der Waals surface area (Å²) in [5.41, 5.74) is 7.25. The molecule has 1 unspecified atom stereocenters. The molecule has 1 aliphatic heterocycles. The van der Waals surface area contributed by atoms with Crippen LogP contribution in [-0.4, -0.2) is 31.1 Å². The molecule has 0 aromatic heterocycles. The Bertz CT molecular complexity index is 611. The van der Waals surface area contributed by atoms with Gasteiger partial charge in [-0.2, -0.15) is 0 Å². The highest BCUT2D eigenvalue weighted by atomic mass is 16.5. The third-order valence-electron chi connectivity index (χ3n) is 4.60. The van der Waals surface area contributed by atoms with Gasteiger partial charge in [-0.25, -0.2) is 0 Å². The summed E-state index contributed by atoms with van der Waals surface area (Å²) in [6, 6.07) is 13.3. The van der Waals surface area contributed by atoms with Gasteiger partial charge >= 0.3 is 0 Å². The van der Waals surface area contributed by atoms with E-state index in [-0.39, 0.29) is 0 Å². The number of piperidine rings is 1. The van der Waals surface area contributed by atoms with Gasteiger partial charge in [-0.05, 0) is 36.2 Å². The molecule has 0 radical (unpaired) electrons. The molecule has 3 heteroatoms. The highest BCUT2D eigenvalue weighted by Crippen LogP contribution is 2.31. The topological polar surface area (TPSA) is 38.5 Å². The molecule has 1 saturated heterocycles. The largest absolute Gasteiger partial charge is 0.496 e. The van der Waals surface area contributed by atoms with E-state index in [1.165, 1.54) is 35.6 Å². The number of rotatable bonds is 4. The van der Waals surface area contributed by atoms with Gasteiger partial charge < -0.3 is 10.5 Å². The second kappa shape index (κ2) is 6.46. The van der Waals surface area contributed by atoms with Crippen LogP contribution in [0.15, 0.2) is 36.4 Å². The first-order valence-corrected chi connectivity index (χ1v) is 7.82. The van der Waals surface area contributed by atoms with Crippen LogP contribution in [0.5, 0.6) is 5.75 Å². The van der Waals surface area contributed by atoms with E-state index in [0.29, 0.717) is 6.04 Å². The van der Waals surface area contributed by atoms with Crippen LogP contribution in [-0.2, 0) is 6.54 Å². The number of hydrogen-bond acceptors (Lipinski definition) is 3. The summed E-state index contributed by atoms with van der Waals surface area (Å²) >= 11 is 0. The highest BCUT2D eigenvalue weighted by Gasteiger charge is 2.22. The number of benzene rings is 2. The average Bonchev–Trinajstić information content (AvgIpc) is 2.55. The lowest BCUT2D eigenvalue weighted by molar-refractivity contribution is 0.144. The first-order valence-electron chi connectivity index (χ1n) is 7.82. The van der Waals surface area contributed by atoms with Crippen molar-refractivity contribution in [3.05, 3.63) is 42.0 Å². The van der Waals surface area contributed by atoms with Gasteiger partial charge in [0.25, 0.3) is 0 Å². The average molecular weight is 284 g/mol. The zero-order valence-electron chi connectivity index (χ0n) is 12.7. The molecular weight excluding hydrogens is 260 g/mol. The summed E-state index contributed by atoms with van der Waals surface area (Å²) in [6.07, 6.45) is 3.78. The summed E-state index contributed by atoms with van der Waals surface area (Å²) in [6.45, 7) is 2.80. The second-order valence-corrected chi connectivity index (χ2v) is 5.82. The molecule has 2 aromatic rings. The summed E-state index contributed by atoms with van der Waals surface area (Å²) in [4.78, 5) is 2.52. The first-order chi connectivity index (χ1) is 10.3. The minimum Gasteiger partial charge on any atom is -0.496 e. The lowest BCUT2D eigenvalue weighted by atomic mass is 9.98. The van der Waals surface area contributed by atoms with Crippen molar-refractivity contribution in [3.8, 4) is 5.75 Å². The molecule has 112 valence electrons. The Hall–Kier alpha value is -1.58. The fraction of sp³-hybridized carbons (Fsp3) is 0.444. The molecule has 0 aliphatic carbocycles. The van der Waals surface area contributed by atoms with E-state index in [1.54, 1.807) is 7.11 Å². The van der Waals surface area contributed by atoms with Crippen LogP contribution < -0.4 is 10.5 Å².